The molecule has 1 heterocycles. The number of nitrogens with zero attached hydrogens (tertiary/aromatic N) is 2. The van der Waals surface area contributed by atoms with Crippen LogP contribution in [0.5, 0.6) is 5.75 Å². The van der Waals surface area contributed by atoms with Crippen molar-refractivity contribution in [2.45, 2.75) is 38.6 Å². The van der Waals surface area contributed by atoms with Gasteiger partial charge in [0.15, 0.2) is 0 Å². The van der Waals surface area contributed by atoms with Gasteiger partial charge >= 0.3 is 0 Å². The van der Waals surface area contributed by atoms with Crippen molar-refractivity contribution in [2.24, 2.45) is 0 Å². The zero-order valence-corrected chi connectivity index (χ0v) is 18.7. The molecule has 13 heteroatoms. The van der Waals surface area contributed by atoms with E-state index in [0.717, 1.165) is 5.69 Å². The minimum Gasteiger partial charge on any atom is -0.491 e. The van der Waals surface area contributed by atoms with Crippen molar-refractivity contribution >= 4 is 23.4 Å². The van der Waals surface area contributed by atoms with Crippen LogP contribution in [0, 0.1) is 10.1 Å². The molecule has 0 saturated carbocycles. The third-order valence-corrected chi connectivity index (χ3v) is 4.43. The molecule has 184 valence electrons. The van der Waals surface area contributed by atoms with Gasteiger partial charge in [-0.1, -0.05) is 0 Å². The number of ether oxygens (including phenoxy) is 1. The van der Waals surface area contributed by atoms with Gasteiger partial charge in [-0.25, -0.2) is 4.98 Å². The summed E-state index contributed by atoms with van der Waals surface area (Å²) in [4.78, 5) is 56.4. The molecule has 0 unspecified atom stereocenters. The lowest BCUT2D eigenvalue weighted by atomic mass is 10.1. The Morgan fingerprint density at radius 1 is 1.18 bits per heavy atom. The number of aromatic nitrogens is 2. The van der Waals surface area contributed by atoms with E-state index in [4.69, 9.17) is 4.74 Å². The third-order valence-electron chi connectivity index (χ3n) is 4.43. The summed E-state index contributed by atoms with van der Waals surface area (Å²) in [5.74, 6) is -0.187. The lowest BCUT2D eigenvalue weighted by molar-refractivity contribution is -0.757. The monoisotopic (exact) mass is 476 g/mol. The molecular weight excluding hydrogens is 448 g/mol. The Kier molecular flexibility index (Phi) is 10.8. The molecule has 0 aliphatic rings. The Labute approximate surface area is 195 Å². The minimum atomic E-state index is -0.910. The van der Waals surface area contributed by atoms with Crippen LogP contribution in [0.25, 0.3) is 0 Å². The molecule has 0 radical (unpaired) electrons. The number of imidazole rings is 1. The van der Waals surface area contributed by atoms with Gasteiger partial charge in [0.2, 0.25) is 17.7 Å². The number of carbonyl (C=O) groups is 3. The lowest BCUT2D eigenvalue weighted by Gasteiger charge is -2.19. The molecule has 1 aromatic heterocycles. The van der Waals surface area contributed by atoms with Crippen molar-refractivity contribution in [3.63, 3.8) is 0 Å². The average molecular weight is 476 g/mol. The fraction of sp³-hybridized carbons (Fsp3) is 0.429. The van der Waals surface area contributed by atoms with Crippen LogP contribution in [0.3, 0.4) is 0 Å². The first kappa shape index (κ1) is 26.1. The molecule has 1 atom stereocenters. The molecule has 0 fully saturated rings. The molecule has 0 bridgehead atoms. The van der Waals surface area contributed by atoms with E-state index in [1.54, 1.807) is 36.8 Å². The molecule has 3 amide bonds. The minimum absolute atomic E-state index is 0.0576. The molecule has 0 aliphatic carbocycles. The number of aromatic amines is 1. The number of benzene rings is 1. The number of carbonyl (C=O) groups excluding carboxylic acids is 3. The summed E-state index contributed by atoms with van der Waals surface area (Å²) in [6.45, 7) is 1.58. The number of nitrogens with one attached hydrogen (secondary N) is 4. The number of amides is 3. The van der Waals surface area contributed by atoms with E-state index in [2.05, 4.69) is 30.8 Å². The molecule has 0 spiro atoms. The molecule has 34 heavy (non-hydrogen) atoms. The summed E-state index contributed by atoms with van der Waals surface area (Å²) < 4.78 is 5.80. The van der Waals surface area contributed by atoms with Crippen molar-refractivity contribution in [1.82, 2.24) is 20.6 Å². The molecule has 1 aromatic carbocycles. The van der Waals surface area contributed by atoms with E-state index < -0.39 is 5.09 Å². The normalized spacial score (nSPS) is 11.2. The fourth-order valence-electron chi connectivity index (χ4n) is 2.92. The van der Waals surface area contributed by atoms with Crippen LogP contribution >= 0.6 is 0 Å². The highest BCUT2D eigenvalue weighted by Gasteiger charge is 2.15. The number of hydrogen-bond donors (Lipinski definition) is 4. The Morgan fingerprint density at radius 3 is 2.59 bits per heavy atom. The molecule has 2 rings (SSSR count). The van der Waals surface area contributed by atoms with E-state index in [1.807, 2.05) is 0 Å². The second-order valence-corrected chi connectivity index (χ2v) is 7.32. The van der Waals surface area contributed by atoms with Crippen LogP contribution in [0.15, 0.2) is 36.8 Å². The highest BCUT2D eigenvalue weighted by molar-refractivity contribution is 5.88. The van der Waals surface area contributed by atoms with Crippen LogP contribution in [0.4, 0.5) is 5.69 Å². The zero-order valence-electron chi connectivity index (χ0n) is 18.7. The highest BCUT2D eigenvalue weighted by Crippen LogP contribution is 2.16. The first-order valence-electron chi connectivity index (χ1n) is 10.6. The van der Waals surface area contributed by atoms with Gasteiger partial charge in [-0.05, 0) is 30.7 Å². The molecule has 4 N–H and O–H groups in total. The Morgan fingerprint density at radius 2 is 1.94 bits per heavy atom. The number of hydrogen-bond acceptors (Lipinski definition) is 8. The third kappa shape index (κ3) is 10.9. The van der Waals surface area contributed by atoms with Gasteiger partial charge in [-0.2, -0.15) is 0 Å². The maximum atomic E-state index is 12.4. The number of anilines is 1. The summed E-state index contributed by atoms with van der Waals surface area (Å²) in [5, 5.41) is 17.3. The van der Waals surface area contributed by atoms with Gasteiger partial charge in [0, 0.05) is 50.3 Å². The standard InChI is InChI=1S/C21H28N6O7/c1-15(28)25-16-4-6-19(7-5-16)33-13-18(11-17-12-22-14-24-17)26-21(30)8-9-23-20(29)3-2-10-34-27(31)32/h4-7,12,14,18H,2-3,8-11,13H2,1H3,(H,22,24)(H,23,29)(H,25,28)(H,26,30)/t18-/m1/s1. The zero-order chi connectivity index (χ0) is 24.8. The Bertz CT molecular complexity index is 934. The Balaban J connectivity index is 1.78. The van der Waals surface area contributed by atoms with E-state index in [1.165, 1.54) is 6.92 Å². The van der Waals surface area contributed by atoms with Crippen molar-refractivity contribution in [3.05, 3.63) is 52.6 Å². The predicted molar refractivity (Wildman–Crippen MR) is 120 cm³/mol. The van der Waals surface area contributed by atoms with E-state index >= 15 is 0 Å². The first-order valence-corrected chi connectivity index (χ1v) is 10.6. The molecular formula is C21H28N6O7. The van der Waals surface area contributed by atoms with Gasteiger partial charge in [-0.15, -0.1) is 10.1 Å². The van der Waals surface area contributed by atoms with Crippen molar-refractivity contribution in [1.29, 1.82) is 0 Å². The van der Waals surface area contributed by atoms with Gasteiger partial charge in [0.05, 0.1) is 19.0 Å². The second kappa shape index (κ2) is 14.1. The molecule has 0 aliphatic heterocycles. The van der Waals surface area contributed by atoms with Crippen LogP contribution in [0.2, 0.25) is 0 Å². The van der Waals surface area contributed by atoms with E-state index in [0.29, 0.717) is 17.9 Å². The maximum Gasteiger partial charge on any atom is 0.294 e. The quantitative estimate of drug-likeness (QED) is 0.167. The van der Waals surface area contributed by atoms with Crippen LogP contribution in [-0.2, 0) is 25.6 Å². The van der Waals surface area contributed by atoms with Gasteiger partial charge in [-0.3, -0.25) is 14.4 Å². The van der Waals surface area contributed by atoms with E-state index in [9.17, 15) is 24.5 Å². The van der Waals surface area contributed by atoms with Gasteiger partial charge < -0.3 is 30.5 Å². The molecule has 13 nitrogen and oxygen atoms in total. The fourth-order valence-corrected chi connectivity index (χ4v) is 2.92. The van der Waals surface area contributed by atoms with Crippen LogP contribution in [-0.4, -0.2) is 58.6 Å². The summed E-state index contributed by atoms with van der Waals surface area (Å²) >= 11 is 0. The molecule has 0 saturated heterocycles. The van der Waals surface area contributed by atoms with Crippen LogP contribution < -0.4 is 20.7 Å². The van der Waals surface area contributed by atoms with Gasteiger partial charge in [0.1, 0.15) is 12.4 Å². The van der Waals surface area contributed by atoms with Crippen LogP contribution in [0.1, 0.15) is 31.9 Å². The predicted octanol–water partition coefficient (Wildman–Crippen LogP) is 0.969. The summed E-state index contributed by atoms with van der Waals surface area (Å²) in [6, 6.07) is 6.49. The van der Waals surface area contributed by atoms with Crippen molar-refractivity contribution < 1.29 is 29.0 Å². The molecule has 2 aromatic rings. The SMILES string of the molecule is CC(=O)Nc1ccc(OC[C@@H](Cc2cnc[nH]2)NC(=O)CCNC(=O)CCCO[N+](=O)[O-])cc1. The second-order valence-electron chi connectivity index (χ2n) is 7.32. The average Bonchev–Trinajstić information content (AvgIpc) is 3.28. The first-order chi connectivity index (χ1) is 16.3. The smallest absolute Gasteiger partial charge is 0.294 e. The maximum absolute atomic E-state index is 12.4. The van der Waals surface area contributed by atoms with Gasteiger partial charge in [0.25, 0.3) is 5.09 Å². The number of H-pyrrole nitrogens is 1. The van der Waals surface area contributed by atoms with Crippen molar-refractivity contribution in [3.8, 4) is 5.75 Å². The summed E-state index contributed by atoms with van der Waals surface area (Å²) in [7, 11) is 0. The Hall–Kier alpha value is -4.16. The lowest BCUT2D eigenvalue weighted by Crippen LogP contribution is -2.42. The summed E-state index contributed by atoms with van der Waals surface area (Å²) in [5.41, 5.74) is 1.47. The topological polar surface area (TPSA) is 178 Å². The summed E-state index contributed by atoms with van der Waals surface area (Å²) in [6.07, 6.45) is 3.98. The highest BCUT2D eigenvalue weighted by atomic mass is 16.9. The van der Waals surface area contributed by atoms with Crippen molar-refractivity contribution in [2.75, 3.05) is 25.1 Å². The van der Waals surface area contributed by atoms with E-state index in [-0.39, 0.29) is 62.8 Å². The largest absolute Gasteiger partial charge is 0.491 e. The number of rotatable bonds is 15.